The van der Waals surface area contributed by atoms with Gasteiger partial charge in [-0.25, -0.2) is 0 Å². The Balaban J connectivity index is 2.63. The molecule has 1 rings (SSSR count). The first kappa shape index (κ1) is 16.9. The summed E-state index contributed by atoms with van der Waals surface area (Å²) >= 11 is 0. The summed E-state index contributed by atoms with van der Waals surface area (Å²) in [7, 11) is 3.54. The van der Waals surface area contributed by atoms with E-state index in [2.05, 4.69) is 11.8 Å². The van der Waals surface area contributed by atoms with E-state index < -0.39 is 0 Å². The molecular weight excluding hydrogens is 240 g/mol. The summed E-state index contributed by atoms with van der Waals surface area (Å²) in [5.41, 5.74) is 5.99. The number of ether oxygens (including phenoxy) is 2. The third kappa shape index (κ3) is 5.38. The van der Waals surface area contributed by atoms with Gasteiger partial charge in [-0.05, 0) is 31.2 Å². The van der Waals surface area contributed by atoms with E-state index in [-0.39, 0.29) is 0 Å². The van der Waals surface area contributed by atoms with Gasteiger partial charge in [-0.15, -0.1) is 0 Å². The van der Waals surface area contributed by atoms with E-state index in [4.69, 9.17) is 15.2 Å². The highest BCUT2D eigenvalue weighted by Crippen LogP contribution is 2.33. The molecule has 0 spiro atoms. The van der Waals surface area contributed by atoms with Gasteiger partial charge in [0, 0.05) is 33.4 Å². The van der Waals surface area contributed by atoms with Crippen LogP contribution in [-0.2, 0) is 9.47 Å². The third-order valence-electron chi connectivity index (χ3n) is 4.58. The van der Waals surface area contributed by atoms with Gasteiger partial charge in [-0.2, -0.15) is 0 Å². The molecule has 114 valence electrons. The summed E-state index contributed by atoms with van der Waals surface area (Å²) in [6, 6.07) is 0.606. The van der Waals surface area contributed by atoms with E-state index in [9.17, 15) is 0 Å². The molecule has 4 nitrogen and oxygen atoms in total. The average Bonchev–Trinajstić information content (AvgIpc) is 2.47. The molecule has 19 heavy (non-hydrogen) atoms. The van der Waals surface area contributed by atoms with Crippen LogP contribution in [0.25, 0.3) is 0 Å². The number of nitrogens with zero attached hydrogens (tertiary/aromatic N) is 1. The van der Waals surface area contributed by atoms with Crippen molar-refractivity contribution in [1.29, 1.82) is 0 Å². The number of hydrogen-bond acceptors (Lipinski definition) is 4. The van der Waals surface area contributed by atoms with Crippen molar-refractivity contribution in [1.82, 2.24) is 4.90 Å². The second kappa shape index (κ2) is 9.70. The minimum absolute atomic E-state index is 0.606. The monoisotopic (exact) mass is 272 g/mol. The standard InChI is InChI=1S/C15H32N2O2/c1-4-13-5-6-14(12-16)15(11-13)17(7-9-18-2)8-10-19-3/h13-15H,4-12,16H2,1-3H3. The molecule has 0 radical (unpaired) electrons. The van der Waals surface area contributed by atoms with E-state index in [0.717, 1.165) is 38.8 Å². The van der Waals surface area contributed by atoms with Crippen LogP contribution in [0.2, 0.25) is 0 Å². The Labute approximate surface area is 118 Å². The van der Waals surface area contributed by atoms with Crippen LogP contribution in [0.3, 0.4) is 0 Å². The van der Waals surface area contributed by atoms with Crippen molar-refractivity contribution in [3.05, 3.63) is 0 Å². The summed E-state index contributed by atoms with van der Waals surface area (Å²) in [5.74, 6) is 1.50. The second-order valence-electron chi connectivity index (χ2n) is 5.67. The predicted octanol–water partition coefficient (Wildman–Crippen LogP) is 1.73. The minimum atomic E-state index is 0.606. The van der Waals surface area contributed by atoms with Crippen LogP contribution in [-0.4, -0.2) is 58.0 Å². The molecule has 0 bridgehead atoms. The van der Waals surface area contributed by atoms with Crippen molar-refractivity contribution in [2.45, 2.75) is 38.6 Å². The van der Waals surface area contributed by atoms with E-state index in [1.54, 1.807) is 14.2 Å². The van der Waals surface area contributed by atoms with Gasteiger partial charge in [0.15, 0.2) is 0 Å². The normalized spacial score (nSPS) is 27.9. The van der Waals surface area contributed by atoms with Crippen molar-refractivity contribution in [2.75, 3.05) is 47.1 Å². The van der Waals surface area contributed by atoms with Crippen LogP contribution in [0.4, 0.5) is 0 Å². The topological polar surface area (TPSA) is 47.7 Å². The van der Waals surface area contributed by atoms with Gasteiger partial charge in [0.05, 0.1) is 13.2 Å². The van der Waals surface area contributed by atoms with Crippen molar-refractivity contribution in [3.63, 3.8) is 0 Å². The summed E-state index contributed by atoms with van der Waals surface area (Å²) in [5, 5.41) is 0. The number of rotatable bonds is 9. The van der Waals surface area contributed by atoms with Gasteiger partial charge in [0.25, 0.3) is 0 Å². The summed E-state index contributed by atoms with van der Waals surface area (Å²) < 4.78 is 10.5. The van der Waals surface area contributed by atoms with E-state index >= 15 is 0 Å². The maximum absolute atomic E-state index is 5.99. The fraction of sp³-hybridized carbons (Fsp3) is 1.00. The molecule has 1 aliphatic rings. The predicted molar refractivity (Wildman–Crippen MR) is 79.3 cm³/mol. The number of methoxy groups -OCH3 is 2. The van der Waals surface area contributed by atoms with Gasteiger partial charge >= 0.3 is 0 Å². The molecule has 0 aromatic carbocycles. The largest absolute Gasteiger partial charge is 0.383 e. The first-order chi connectivity index (χ1) is 9.26. The van der Waals surface area contributed by atoms with Crippen molar-refractivity contribution in [2.24, 2.45) is 17.6 Å². The molecule has 0 aromatic rings. The number of nitrogens with two attached hydrogens (primary N) is 1. The van der Waals surface area contributed by atoms with Crippen molar-refractivity contribution >= 4 is 0 Å². The van der Waals surface area contributed by atoms with Crippen LogP contribution in [0.5, 0.6) is 0 Å². The van der Waals surface area contributed by atoms with Gasteiger partial charge in [0.1, 0.15) is 0 Å². The molecule has 1 fully saturated rings. The Bertz CT molecular complexity index is 218. The summed E-state index contributed by atoms with van der Waals surface area (Å²) in [4.78, 5) is 2.53. The molecule has 0 saturated heterocycles. The van der Waals surface area contributed by atoms with Gasteiger partial charge in [0.2, 0.25) is 0 Å². The van der Waals surface area contributed by atoms with Crippen molar-refractivity contribution in [3.8, 4) is 0 Å². The van der Waals surface area contributed by atoms with E-state index in [0.29, 0.717) is 12.0 Å². The average molecular weight is 272 g/mol. The molecular formula is C15H32N2O2. The molecule has 0 amide bonds. The second-order valence-corrected chi connectivity index (χ2v) is 5.67. The molecule has 4 heteroatoms. The van der Waals surface area contributed by atoms with Gasteiger partial charge in [-0.3, -0.25) is 4.90 Å². The fourth-order valence-corrected chi connectivity index (χ4v) is 3.25. The van der Waals surface area contributed by atoms with E-state index in [1.165, 1.54) is 25.7 Å². The zero-order valence-electron chi connectivity index (χ0n) is 12.9. The molecule has 1 saturated carbocycles. The molecule has 0 heterocycles. The first-order valence-electron chi connectivity index (χ1n) is 7.68. The number of hydrogen-bond donors (Lipinski definition) is 1. The smallest absolute Gasteiger partial charge is 0.0589 e. The highest BCUT2D eigenvalue weighted by molar-refractivity contribution is 4.87. The van der Waals surface area contributed by atoms with Crippen LogP contribution in [0.15, 0.2) is 0 Å². The molecule has 0 aliphatic heterocycles. The lowest BCUT2D eigenvalue weighted by Crippen LogP contribution is -2.49. The molecule has 3 atom stereocenters. The maximum Gasteiger partial charge on any atom is 0.0589 e. The third-order valence-corrected chi connectivity index (χ3v) is 4.58. The first-order valence-corrected chi connectivity index (χ1v) is 7.68. The zero-order chi connectivity index (χ0) is 14.1. The van der Waals surface area contributed by atoms with Crippen molar-refractivity contribution < 1.29 is 9.47 Å². The highest BCUT2D eigenvalue weighted by atomic mass is 16.5. The summed E-state index contributed by atoms with van der Waals surface area (Å²) in [6.45, 7) is 6.65. The minimum Gasteiger partial charge on any atom is -0.383 e. The van der Waals surface area contributed by atoms with Crippen LogP contribution < -0.4 is 5.73 Å². The quantitative estimate of drug-likeness (QED) is 0.694. The van der Waals surface area contributed by atoms with Crippen LogP contribution in [0, 0.1) is 11.8 Å². The fourth-order valence-electron chi connectivity index (χ4n) is 3.25. The SMILES string of the molecule is CCC1CCC(CN)C(N(CCOC)CCOC)C1. The Kier molecular flexibility index (Phi) is 8.62. The highest BCUT2D eigenvalue weighted by Gasteiger charge is 2.32. The molecule has 0 aromatic heterocycles. The lowest BCUT2D eigenvalue weighted by molar-refractivity contribution is 0.0372. The van der Waals surface area contributed by atoms with E-state index in [1.807, 2.05) is 0 Å². The molecule has 3 unspecified atom stereocenters. The van der Waals surface area contributed by atoms with Gasteiger partial charge in [-0.1, -0.05) is 19.8 Å². The van der Waals surface area contributed by atoms with Crippen LogP contribution >= 0.6 is 0 Å². The van der Waals surface area contributed by atoms with Gasteiger partial charge < -0.3 is 15.2 Å². The Morgan fingerprint density at radius 3 is 2.21 bits per heavy atom. The lowest BCUT2D eigenvalue weighted by atomic mass is 9.76. The Hall–Kier alpha value is -0.160. The zero-order valence-corrected chi connectivity index (χ0v) is 12.9. The van der Waals surface area contributed by atoms with Crippen LogP contribution in [0.1, 0.15) is 32.6 Å². The summed E-state index contributed by atoms with van der Waals surface area (Å²) in [6.07, 6.45) is 5.19. The maximum atomic E-state index is 5.99. The molecule has 1 aliphatic carbocycles. The molecule has 2 N–H and O–H groups in total. The lowest BCUT2D eigenvalue weighted by Gasteiger charge is -2.42. The Morgan fingerprint density at radius 2 is 1.74 bits per heavy atom. The Morgan fingerprint density at radius 1 is 1.11 bits per heavy atom.